The molecule has 1 aromatic heterocycles. The highest BCUT2D eigenvalue weighted by molar-refractivity contribution is 7.88. The van der Waals surface area contributed by atoms with Crippen LogP contribution in [-0.4, -0.2) is 35.6 Å². The van der Waals surface area contributed by atoms with Gasteiger partial charge >= 0.3 is 0 Å². The number of carbonyl (C=O) groups excluding carboxylic acids is 1. The van der Waals surface area contributed by atoms with Crippen LogP contribution in [-0.2, 0) is 10.0 Å². The van der Waals surface area contributed by atoms with Gasteiger partial charge in [0.25, 0.3) is 5.91 Å². The highest BCUT2D eigenvalue weighted by Crippen LogP contribution is 2.31. The van der Waals surface area contributed by atoms with Crippen molar-refractivity contribution in [3.8, 4) is 0 Å². The first-order valence-corrected chi connectivity index (χ1v) is 9.43. The summed E-state index contributed by atoms with van der Waals surface area (Å²) in [4.78, 5) is 22.7. The number of aromatic amines is 1. The molecule has 1 aliphatic heterocycles. The van der Waals surface area contributed by atoms with Gasteiger partial charge < -0.3 is 10.3 Å². The molecule has 0 bridgehead atoms. The van der Waals surface area contributed by atoms with Gasteiger partial charge in [-0.05, 0) is 24.3 Å². The van der Waals surface area contributed by atoms with Gasteiger partial charge in [0.1, 0.15) is 0 Å². The molecule has 0 saturated carbocycles. The third-order valence-corrected chi connectivity index (χ3v) is 4.39. The van der Waals surface area contributed by atoms with Gasteiger partial charge in [-0.1, -0.05) is 24.3 Å². The molecule has 3 aromatic rings. The first-order chi connectivity index (χ1) is 11.9. The Morgan fingerprint density at radius 2 is 1.84 bits per heavy atom. The van der Waals surface area contributed by atoms with E-state index in [1.54, 1.807) is 24.3 Å². The molecule has 2 aromatic carbocycles. The van der Waals surface area contributed by atoms with Crippen LogP contribution in [0.3, 0.4) is 0 Å². The van der Waals surface area contributed by atoms with E-state index in [0.717, 1.165) is 22.3 Å². The number of hydrogen-bond donors (Lipinski definition) is 3. The average Bonchev–Trinajstić information content (AvgIpc) is 3.00. The summed E-state index contributed by atoms with van der Waals surface area (Å²) in [6.07, 6.45) is 0.195. The van der Waals surface area contributed by atoms with Gasteiger partial charge in [-0.25, -0.2) is 18.4 Å². The number of aromatic nitrogens is 2. The second-order valence-corrected chi connectivity index (χ2v) is 7.50. The van der Waals surface area contributed by atoms with Crippen molar-refractivity contribution in [2.75, 3.05) is 11.6 Å². The van der Waals surface area contributed by atoms with Crippen LogP contribution in [0.15, 0.2) is 48.5 Å². The van der Waals surface area contributed by atoms with Crippen molar-refractivity contribution in [2.24, 2.45) is 0 Å². The van der Waals surface area contributed by atoms with Gasteiger partial charge in [0.05, 0.1) is 22.9 Å². The molecule has 8 nitrogen and oxygen atoms in total. The number of amides is 1. The van der Waals surface area contributed by atoms with E-state index < -0.39 is 22.1 Å². The van der Waals surface area contributed by atoms with Crippen LogP contribution < -0.4 is 10.1 Å². The molecule has 0 saturated heterocycles. The minimum Gasteiger partial charge on any atom is -0.357 e. The van der Waals surface area contributed by atoms with Crippen molar-refractivity contribution < 1.29 is 13.2 Å². The second kappa shape index (κ2) is 5.57. The highest BCUT2D eigenvalue weighted by Gasteiger charge is 2.36. The number of fused-ring (bicyclic) bond motifs is 2. The molecule has 4 rings (SSSR count). The lowest BCUT2D eigenvalue weighted by atomic mass is 10.1. The van der Waals surface area contributed by atoms with E-state index >= 15 is 0 Å². The predicted molar refractivity (Wildman–Crippen MR) is 93.0 cm³/mol. The molecule has 25 heavy (non-hydrogen) atoms. The normalized spacial score (nSPS) is 17.4. The molecule has 1 aliphatic rings. The Labute approximate surface area is 143 Å². The van der Waals surface area contributed by atoms with Gasteiger partial charge in [-0.15, -0.1) is 4.83 Å². The first-order valence-electron chi connectivity index (χ1n) is 7.53. The number of rotatable bonds is 3. The van der Waals surface area contributed by atoms with E-state index in [1.807, 2.05) is 24.3 Å². The Bertz CT molecular complexity index is 1040. The second-order valence-electron chi connectivity index (χ2n) is 5.77. The van der Waals surface area contributed by atoms with Crippen molar-refractivity contribution in [1.29, 1.82) is 0 Å². The summed E-state index contributed by atoms with van der Waals surface area (Å²) >= 11 is 0. The Morgan fingerprint density at radius 1 is 1.12 bits per heavy atom. The number of imidazole rings is 1. The summed E-state index contributed by atoms with van der Waals surface area (Å²) < 4.78 is 23.5. The minimum atomic E-state index is -3.66. The average molecular weight is 357 g/mol. The molecule has 0 fully saturated rings. The Balaban J connectivity index is 1.84. The molecule has 9 heteroatoms. The van der Waals surface area contributed by atoms with Crippen LogP contribution in [0.5, 0.6) is 0 Å². The fraction of sp³-hybridized carbons (Fsp3) is 0.125. The van der Waals surface area contributed by atoms with Crippen LogP contribution in [0, 0.1) is 0 Å². The maximum atomic E-state index is 12.8. The number of nitrogens with zero attached hydrogens (tertiary/aromatic N) is 2. The number of benzene rings is 2. The van der Waals surface area contributed by atoms with Crippen LogP contribution in [0.4, 0.5) is 5.69 Å². The summed E-state index contributed by atoms with van der Waals surface area (Å²) in [7, 11) is -3.66. The first kappa shape index (κ1) is 15.6. The molecule has 0 radical (unpaired) electrons. The molecule has 0 aliphatic carbocycles. The van der Waals surface area contributed by atoms with Crippen LogP contribution >= 0.6 is 0 Å². The van der Waals surface area contributed by atoms with Gasteiger partial charge in [-0.2, -0.15) is 0 Å². The zero-order valence-corrected chi connectivity index (χ0v) is 14.0. The molecule has 0 unspecified atom stereocenters. The molecule has 1 amide bonds. The van der Waals surface area contributed by atoms with Crippen LogP contribution in [0.2, 0.25) is 0 Å². The molecular weight excluding hydrogens is 342 g/mol. The SMILES string of the molecule is CS(=O)(=O)NN1C(=O)c2ccccc2N[C@@H]1c1nc2ccccc2[nH]1. The standard InChI is InChI=1S/C16H15N5O3S/c1-25(23,24)20-21-15(14-17-12-8-4-5-9-13(12)18-14)19-11-7-3-2-6-10(11)16(21)22/h2-9,15,19-20H,1H3,(H,17,18)/t15-/m0/s1. The summed E-state index contributed by atoms with van der Waals surface area (Å²) in [5.41, 5.74) is 2.52. The molecule has 1 atom stereocenters. The number of anilines is 1. The Morgan fingerprint density at radius 3 is 2.60 bits per heavy atom. The summed E-state index contributed by atoms with van der Waals surface area (Å²) in [6.45, 7) is 0. The molecule has 0 spiro atoms. The van der Waals surface area contributed by atoms with E-state index in [2.05, 4.69) is 20.1 Å². The maximum absolute atomic E-state index is 12.8. The molecule has 128 valence electrons. The van der Waals surface area contributed by atoms with Gasteiger partial charge in [-0.3, -0.25) is 4.79 Å². The predicted octanol–water partition coefficient (Wildman–Crippen LogP) is 1.59. The lowest BCUT2D eigenvalue weighted by Gasteiger charge is -2.35. The summed E-state index contributed by atoms with van der Waals surface area (Å²) in [5.74, 6) is -0.0227. The van der Waals surface area contributed by atoms with Gasteiger partial charge in [0.2, 0.25) is 10.0 Å². The van der Waals surface area contributed by atoms with Crippen molar-refractivity contribution in [3.05, 3.63) is 59.9 Å². The van der Waals surface area contributed by atoms with Crippen molar-refractivity contribution in [2.45, 2.75) is 6.17 Å². The lowest BCUT2D eigenvalue weighted by Crippen LogP contribution is -2.52. The third kappa shape index (κ3) is 2.83. The van der Waals surface area contributed by atoms with Gasteiger partial charge in [0, 0.05) is 5.69 Å². The zero-order chi connectivity index (χ0) is 17.6. The highest BCUT2D eigenvalue weighted by atomic mass is 32.2. The van der Waals surface area contributed by atoms with E-state index in [9.17, 15) is 13.2 Å². The Kier molecular flexibility index (Phi) is 3.48. The monoisotopic (exact) mass is 357 g/mol. The molecule has 3 N–H and O–H groups in total. The van der Waals surface area contributed by atoms with Crippen molar-refractivity contribution >= 4 is 32.7 Å². The largest absolute Gasteiger partial charge is 0.357 e. The maximum Gasteiger partial charge on any atom is 0.273 e. The van der Waals surface area contributed by atoms with Crippen LogP contribution in [0.1, 0.15) is 22.3 Å². The van der Waals surface area contributed by atoms with E-state index in [0.29, 0.717) is 17.1 Å². The number of carbonyl (C=O) groups is 1. The topological polar surface area (TPSA) is 107 Å². The number of hydrogen-bond acceptors (Lipinski definition) is 5. The Hall–Kier alpha value is -2.91. The van der Waals surface area contributed by atoms with Crippen molar-refractivity contribution in [3.63, 3.8) is 0 Å². The zero-order valence-electron chi connectivity index (χ0n) is 13.2. The van der Waals surface area contributed by atoms with E-state index in [4.69, 9.17) is 0 Å². The number of H-pyrrole nitrogens is 1. The smallest absolute Gasteiger partial charge is 0.273 e. The number of sulfonamides is 1. The molecular formula is C16H15N5O3S. The quantitative estimate of drug-likeness (QED) is 0.660. The minimum absolute atomic E-state index is 0.381. The van der Waals surface area contributed by atoms with Crippen molar-refractivity contribution in [1.82, 2.24) is 19.8 Å². The van der Waals surface area contributed by atoms with E-state index in [1.165, 1.54) is 0 Å². The molecule has 2 heterocycles. The van der Waals surface area contributed by atoms with Crippen LogP contribution in [0.25, 0.3) is 11.0 Å². The summed E-state index contributed by atoms with van der Waals surface area (Å²) in [6, 6.07) is 14.3. The third-order valence-electron chi connectivity index (χ3n) is 3.86. The van der Waals surface area contributed by atoms with E-state index in [-0.39, 0.29) is 0 Å². The number of para-hydroxylation sites is 3. The fourth-order valence-corrected chi connectivity index (χ4v) is 3.37. The van der Waals surface area contributed by atoms with Gasteiger partial charge in [0.15, 0.2) is 12.0 Å². The number of hydrazine groups is 1. The lowest BCUT2D eigenvalue weighted by molar-refractivity contribution is 0.0626. The fourth-order valence-electron chi connectivity index (χ4n) is 2.82. The number of nitrogens with one attached hydrogen (secondary N) is 3. The summed E-state index contributed by atoms with van der Waals surface area (Å²) in [5, 5.41) is 4.20.